The number of rotatable bonds is 3. The Balaban J connectivity index is 2.13. The van der Waals surface area contributed by atoms with E-state index in [1.54, 1.807) is 6.92 Å². The van der Waals surface area contributed by atoms with E-state index in [9.17, 15) is 4.79 Å². The van der Waals surface area contributed by atoms with Crippen molar-refractivity contribution in [3.63, 3.8) is 0 Å². The molecule has 1 aliphatic heterocycles. The predicted molar refractivity (Wildman–Crippen MR) is 78.1 cm³/mol. The van der Waals surface area contributed by atoms with Gasteiger partial charge in [0.1, 0.15) is 0 Å². The van der Waals surface area contributed by atoms with Crippen LogP contribution in [0.3, 0.4) is 0 Å². The molecule has 0 spiro atoms. The van der Waals surface area contributed by atoms with Gasteiger partial charge in [-0.3, -0.25) is 4.79 Å². The van der Waals surface area contributed by atoms with Gasteiger partial charge in [0.15, 0.2) is 0 Å². The average molecular weight is 261 g/mol. The second-order valence-corrected chi connectivity index (χ2v) is 5.07. The van der Waals surface area contributed by atoms with Gasteiger partial charge in [-0.15, -0.1) is 0 Å². The summed E-state index contributed by atoms with van der Waals surface area (Å²) in [5.74, 6) is 0.165. The van der Waals surface area contributed by atoms with E-state index in [0.29, 0.717) is 0 Å². The lowest BCUT2D eigenvalue weighted by atomic mass is 10.0. The minimum Gasteiger partial charge on any atom is -0.368 e. The topological polar surface area (TPSA) is 49.6 Å². The van der Waals surface area contributed by atoms with Gasteiger partial charge in [0.25, 0.3) is 0 Å². The van der Waals surface area contributed by atoms with Crippen molar-refractivity contribution in [3.8, 4) is 0 Å². The average Bonchev–Trinajstić information content (AvgIpc) is 2.46. The van der Waals surface area contributed by atoms with Crippen LogP contribution in [0.5, 0.6) is 0 Å². The van der Waals surface area contributed by atoms with E-state index >= 15 is 0 Å². The van der Waals surface area contributed by atoms with Crippen molar-refractivity contribution in [1.29, 1.82) is 0 Å². The largest absolute Gasteiger partial charge is 0.368 e. The van der Waals surface area contributed by atoms with Crippen LogP contribution >= 0.6 is 0 Å². The van der Waals surface area contributed by atoms with Gasteiger partial charge in [0.05, 0.1) is 0 Å². The van der Waals surface area contributed by atoms with Gasteiger partial charge in [-0.05, 0) is 18.1 Å². The lowest BCUT2D eigenvalue weighted by molar-refractivity contribution is -0.129. The summed E-state index contributed by atoms with van der Waals surface area (Å²) in [7, 11) is 0. The fourth-order valence-electron chi connectivity index (χ4n) is 2.57. The van der Waals surface area contributed by atoms with E-state index in [2.05, 4.69) is 30.0 Å². The third-order valence-electron chi connectivity index (χ3n) is 3.84. The Morgan fingerprint density at radius 2 is 1.89 bits per heavy atom. The highest BCUT2D eigenvalue weighted by molar-refractivity contribution is 5.73. The lowest BCUT2D eigenvalue weighted by Gasteiger charge is -2.37. The summed E-state index contributed by atoms with van der Waals surface area (Å²) in [5.41, 5.74) is 8.62. The number of carbonyl (C=O) groups is 1. The predicted octanol–water partition coefficient (Wildman–Crippen LogP) is 1.76. The van der Waals surface area contributed by atoms with Crippen molar-refractivity contribution in [2.45, 2.75) is 26.3 Å². The van der Waals surface area contributed by atoms with Crippen molar-refractivity contribution in [2.24, 2.45) is 5.73 Å². The quantitative estimate of drug-likeness (QED) is 0.902. The van der Waals surface area contributed by atoms with Crippen LogP contribution in [-0.2, 0) is 4.79 Å². The van der Waals surface area contributed by atoms with Gasteiger partial charge in [-0.25, -0.2) is 0 Å². The molecule has 4 heteroatoms. The van der Waals surface area contributed by atoms with Crippen LogP contribution in [0, 0.1) is 0 Å². The zero-order valence-electron chi connectivity index (χ0n) is 11.8. The van der Waals surface area contributed by atoms with Crippen LogP contribution < -0.4 is 10.6 Å². The van der Waals surface area contributed by atoms with Crippen LogP contribution in [0.15, 0.2) is 24.3 Å². The molecule has 0 radical (unpaired) electrons. The normalized spacial score (nSPS) is 17.4. The molecule has 1 saturated heterocycles. The van der Waals surface area contributed by atoms with Crippen LogP contribution in [0.25, 0.3) is 0 Å². The van der Waals surface area contributed by atoms with E-state index < -0.39 is 0 Å². The Bertz CT molecular complexity index is 439. The molecule has 0 saturated carbocycles. The van der Waals surface area contributed by atoms with E-state index in [1.807, 2.05) is 11.0 Å². The molecule has 2 rings (SSSR count). The Hall–Kier alpha value is -1.55. The van der Waals surface area contributed by atoms with Crippen molar-refractivity contribution in [1.82, 2.24) is 4.90 Å². The summed E-state index contributed by atoms with van der Waals surface area (Å²) in [6, 6.07) is 8.43. The monoisotopic (exact) mass is 261 g/mol. The number of nitrogens with zero attached hydrogens (tertiary/aromatic N) is 2. The number of anilines is 1. The number of hydrogen-bond donors (Lipinski definition) is 1. The van der Waals surface area contributed by atoms with Gasteiger partial charge in [-0.2, -0.15) is 0 Å². The lowest BCUT2D eigenvalue weighted by Crippen LogP contribution is -2.48. The number of carbonyl (C=O) groups excluding carboxylic acids is 1. The molecule has 1 aromatic rings. The maximum atomic E-state index is 11.4. The molecule has 104 valence electrons. The molecule has 1 aromatic carbocycles. The minimum absolute atomic E-state index is 0.0852. The van der Waals surface area contributed by atoms with Gasteiger partial charge in [0, 0.05) is 44.8 Å². The molecule has 2 N–H and O–H groups in total. The minimum atomic E-state index is 0.0852. The molecule has 1 aliphatic rings. The Kier molecular flexibility index (Phi) is 4.43. The van der Waals surface area contributed by atoms with Gasteiger partial charge < -0.3 is 15.5 Å². The highest BCUT2D eigenvalue weighted by Gasteiger charge is 2.21. The molecule has 1 heterocycles. The molecule has 0 unspecified atom stereocenters. The Labute approximate surface area is 115 Å². The van der Waals surface area contributed by atoms with Crippen molar-refractivity contribution in [2.75, 3.05) is 31.1 Å². The fourth-order valence-corrected chi connectivity index (χ4v) is 2.57. The van der Waals surface area contributed by atoms with E-state index in [1.165, 1.54) is 11.3 Å². The molecule has 0 aromatic heterocycles. The zero-order valence-corrected chi connectivity index (χ0v) is 11.8. The van der Waals surface area contributed by atoms with Gasteiger partial charge in [0.2, 0.25) is 5.91 Å². The molecule has 1 amide bonds. The zero-order chi connectivity index (χ0) is 13.8. The van der Waals surface area contributed by atoms with Crippen LogP contribution in [0.1, 0.15) is 31.9 Å². The van der Waals surface area contributed by atoms with E-state index in [-0.39, 0.29) is 11.9 Å². The Morgan fingerprint density at radius 1 is 1.26 bits per heavy atom. The van der Waals surface area contributed by atoms with E-state index in [4.69, 9.17) is 5.73 Å². The number of nitrogens with two attached hydrogens (primary N) is 1. The van der Waals surface area contributed by atoms with Gasteiger partial charge >= 0.3 is 0 Å². The SMILES string of the molecule is CC[C@H](N)c1ccccc1N1CCN(C(C)=O)CC1. The second kappa shape index (κ2) is 6.06. The highest BCUT2D eigenvalue weighted by Crippen LogP contribution is 2.27. The van der Waals surface area contributed by atoms with Crippen molar-refractivity contribution in [3.05, 3.63) is 29.8 Å². The van der Waals surface area contributed by atoms with Crippen LogP contribution in [0.4, 0.5) is 5.69 Å². The second-order valence-electron chi connectivity index (χ2n) is 5.07. The summed E-state index contributed by atoms with van der Waals surface area (Å²) in [4.78, 5) is 15.6. The molecule has 1 atom stereocenters. The summed E-state index contributed by atoms with van der Waals surface area (Å²) < 4.78 is 0. The third kappa shape index (κ3) is 3.07. The molecular formula is C15H23N3O. The van der Waals surface area contributed by atoms with Gasteiger partial charge in [-0.1, -0.05) is 25.1 Å². The third-order valence-corrected chi connectivity index (χ3v) is 3.84. The molecule has 4 nitrogen and oxygen atoms in total. The molecule has 0 bridgehead atoms. The fraction of sp³-hybridized carbons (Fsp3) is 0.533. The molecule has 19 heavy (non-hydrogen) atoms. The summed E-state index contributed by atoms with van der Waals surface area (Å²) >= 11 is 0. The van der Waals surface area contributed by atoms with Crippen molar-refractivity contribution >= 4 is 11.6 Å². The first-order valence-electron chi connectivity index (χ1n) is 6.98. The number of piperazine rings is 1. The Morgan fingerprint density at radius 3 is 2.47 bits per heavy atom. The molecule has 1 fully saturated rings. The summed E-state index contributed by atoms with van der Waals surface area (Å²) in [6.45, 7) is 7.10. The van der Waals surface area contributed by atoms with Crippen molar-refractivity contribution < 1.29 is 4.79 Å². The maximum absolute atomic E-state index is 11.4. The van der Waals surface area contributed by atoms with E-state index in [0.717, 1.165) is 32.6 Å². The first-order chi connectivity index (χ1) is 9.13. The van der Waals surface area contributed by atoms with Crippen LogP contribution in [-0.4, -0.2) is 37.0 Å². The highest BCUT2D eigenvalue weighted by atomic mass is 16.2. The van der Waals surface area contributed by atoms with Crippen LogP contribution in [0.2, 0.25) is 0 Å². The number of benzene rings is 1. The smallest absolute Gasteiger partial charge is 0.219 e. The summed E-state index contributed by atoms with van der Waals surface area (Å²) in [6.07, 6.45) is 0.935. The molecule has 0 aliphatic carbocycles. The number of amides is 1. The standard InChI is InChI=1S/C15H23N3O/c1-3-14(16)13-6-4-5-7-15(13)18-10-8-17(9-11-18)12(2)19/h4-7,14H,3,8-11,16H2,1-2H3/t14-/m0/s1. The maximum Gasteiger partial charge on any atom is 0.219 e. The first kappa shape index (κ1) is 13.9. The summed E-state index contributed by atoms with van der Waals surface area (Å²) in [5, 5.41) is 0. The number of para-hydroxylation sites is 1. The molecular weight excluding hydrogens is 238 g/mol. The number of hydrogen-bond acceptors (Lipinski definition) is 3. The first-order valence-corrected chi connectivity index (χ1v) is 6.98.